The number of piperazine rings is 1. The van der Waals surface area contributed by atoms with E-state index in [0.29, 0.717) is 6.04 Å². The van der Waals surface area contributed by atoms with Crippen LogP contribution in [0.25, 0.3) is 0 Å². The zero-order valence-corrected chi connectivity index (χ0v) is 9.15. The second kappa shape index (κ2) is 4.57. The molecule has 82 valence electrons. The van der Waals surface area contributed by atoms with Gasteiger partial charge in [0.2, 0.25) is 0 Å². The number of hydrazine groups is 1. The minimum absolute atomic E-state index is 0.392. The predicted molar refractivity (Wildman–Crippen MR) is 57.9 cm³/mol. The molecule has 0 radical (unpaired) electrons. The van der Waals surface area contributed by atoms with Crippen molar-refractivity contribution in [3.05, 3.63) is 0 Å². The summed E-state index contributed by atoms with van der Waals surface area (Å²) >= 11 is 0. The molecule has 0 amide bonds. The summed E-state index contributed by atoms with van der Waals surface area (Å²) in [6, 6.07) is 0.392. The van der Waals surface area contributed by atoms with E-state index in [-0.39, 0.29) is 0 Å². The molecular weight excluding hydrogens is 176 g/mol. The Hall–Kier alpha value is -0.160. The molecule has 2 aliphatic heterocycles. The lowest BCUT2D eigenvalue weighted by Crippen LogP contribution is -2.57. The first kappa shape index (κ1) is 10.4. The fourth-order valence-corrected chi connectivity index (χ4v) is 2.32. The molecule has 2 fully saturated rings. The van der Waals surface area contributed by atoms with Crippen molar-refractivity contribution in [1.29, 1.82) is 0 Å². The Kier molecular flexibility index (Phi) is 3.38. The van der Waals surface area contributed by atoms with Crippen molar-refractivity contribution in [2.24, 2.45) is 5.73 Å². The first-order chi connectivity index (χ1) is 6.75. The van der Waals surface area contributed by atoms with E-state index < -0.39 is 0 Å². The molecule has 2 heterocycles. The van der Waals surface area contributed by atoms with Crippen LogP contribution in [0.4, 0.5) is 0 Å². The molecule has 1 atom stereocenters. The normalized spacial score (nSPS) is 33.4. The van der Waals surface area contributed by atoms with Gasteiger partial charge in [-0.25, -0.2) is 10.0 Å². The van der Waals surface area contributed by atoms with Crippen molar-refractivity contribution in [2.75, 3.05) is 46.3 Å². The molecule has 0 aromatic carbocycles. The summed E-state index contributed by atoms with van der Waals surface area (Å²) in [4.78, 5) is 2.39. The van der Waals surface area contributed by atoms with Crippen LogP contribution in [0.1, 0.15) is 12.8 Å². The van der Waals surface area contributed by atoms with E-state index in [1.54, 1.807) is 0 Å². The molecule has 2 aliphatic rings. The summed E-state index contributed by atoms with van der Waals surface area (Å²) in [5.74, 6) is 0. The quantitative estimate of drug-likeness (QED) is 0.620. The first-order valence-electron chi connectivity index (χ1n) is 5.69. The highest BCUT2D eigenvalue weighted by Gasteiger charge is 2.24. The van der Waals surface area contributed by atoms with Crippen LogP contribution in [-0.2, 0) is 0 Å². The Balaban J connectivity index is 1.82. The van der Waals surface area contributed by atoms with Crippen LogP contribution in [-0.4, -0.2) is 67.3 Å². The molecule has 0 aliphatic carbocycles. The number of rotatable bonds is 1. The molecule has 1 unspecified atom stereocenters. The molecule has 2 rings (SSSR count). The monoisotopic (exact) mass is 198 g/mol. The van der Waals surface area contributed by atoms with Crippen LogP contribution in [0.5, 0.6) is 0 Å². The van der Waals surface area contributed by atoms with Crippen molar-refractivity contribution in [2.45, 2.75) is 18.9 Å². The maximum absolute atomic E-state index is 5.98. The van der Waals surface area contributed by atoms with Gasteiger partial charge in [-0.1, -0.05) is 0 Å². The van der Waals surface area contributed by atoms with E-state index in [1.165, 1.54) is 45.6 Å². The number of hydrogen-bond donors (Lipinski definition) is 1. The number of likely N-dealkylation sites (N-methyl/N-ethyl adjacent to an activating group) is 1. The third-order valence-electron chi connectivity index (χ3n) is 3.32. The van der Waals surface area contributed by atoms with Gasteiger partial charge in [0.25, 0.3) is 0 Å². The van der Waals surface area contributed by atoms with E-state index in [9.17, 15) is 0 Å². The molecule has 0 aromatic heterocycles. The summed E-state index contributed by atoms with van der Waals surface area (Å²) in [6.45, 7) is 6.98. The zero-order valence-electron chi connectivity index (χ0n) is 9.15. The SMILES string of the molecule is CN1CCN(N2CCCC(N)C2)CC1. The fourth-order valence-electron chi connectivity index (χ4n) is 2.32. The predicted octanol–water partition coefficient (Wildman–Crippen LogP) is -0.428. The lowest BCUT2D eigenvalue weighted by molar-refractivity contribution is -0.0685. The van der Waals surface area contributed by atoms with Gasteiger partial charge in [0.15, 0.2) is 0 Å². The summed E-state index contributed by atoms with van der Waals surface area (Å²) in [5.41, 5.74) is 5.98. The summed E-state index contributed by atoms with van der Waals surface area (Å²) < 4.78 is 0. The van der Waals surface area contributed by atoms with Gasteiger partial charge in [-0.05, 0) is 19.9 Å². The summed E-state index contributed by atoms with van der Waals surface area (Å²) in [7, 11) is 2.19. The van der Waals surface area contributed by atoms with Gasteiger partial charge in [-0.3, -0.25) is 0 Å². The maximum Gasteiger partial charge on any atom is 0.0285 e. The number of piperidine rings is 1. The van der Waals surface area contributed by atoms with Gasteiger partial charge in [0, 0.05) is 45.3 Å². The molecule has 4 nitrogen and oxygen atoms in total. The molecular formula is C10H22N4. The van der Waals surface area contributed by atoms with E-state index in [4.69, 9.17) is 5.73 Å². The van der Waals surface area contributed by atoms with Gasteiger partial charge < -0.3 is 10.6 Å². The summed E-state index contributed by atoms with van der Waals surface area (Å²) in [6.07, 6.45) is 2.46. The Morgan fingerprint density at radius 3 is 2.36 bits per heavy atom. The van der Waals surface area contributed by atoms with Gasteiger partial charge in [0.05, 0.1) is 0 Å². The molecule has 4 heteroatoms. The third-order valence-corrected chi connectivity index (χ3v) is 3.32. The van der Waals surface area contributed by atoms with Crippen molar-refractivity contribution in [3.63, 3.8) is 0 Å². The van der Waals surface area contributed by atoms with Crippen LogP contribution in [0.15, 0.2) is 0 Å². The molecule has 0 bridgehead atoms. The van der Waals surface area contributed by atoms with Crippen molar-refractivity contribution in [1.82, 2.24) is 14.9 Å². The van der Waals surface area contributed by atoms with Gasteiger partial charge in [0.1, 0.15) is 0 Å². The second-order valence-corrected chi connectivity index (χ2v) is 4.57. The molecule has 0 aromatic rings. The van der Waals surface area contributed by atoms with Crippen molar-refractivity contribution >= 4 is 0 Å². The average molecular weight is 198 g/mol. The van der Waals surface area contributed by atoms with E-state index in [0.717, 1.165) is 6.54 Å². The molecule has 2 saturated heterocycles. The van der Waals surface area contributed by atoms with Crippen LogP contribution in [0.3, 0.4) is 0 Å². The molecule has 0 saturated carbocycles. The van der Waals surface area contributed by atoms with Gasteiger partial charge >= 0.3 is 0 Å². The van der Waals surface area contributed by atoms with Crippen LogP contribution in [0.2, 0.25) is 0 Å². The molecule has 0 spiro atoms. The Bertz CT molecular complexity index is 177. The van der Waals surface area contributed by atoms with E-state index in [2.05, 4.69) is 22.0 Å². The highest BCUT2D eigenvalue weighted by molar-refractivity contribution is 4.76. The van der Waals surface area contributed by atoms with E-state index >= 15 is 0 Å². The highest BCUT2D eigenvalue weighted by Crippen LogP contribution is 2.12. The Morgan fingerprint density at radius 1 is 1.00 bits per heavy atom. The highest BCUT2D eigenvalue weighted by atomic mass is 15.6. The van der Waals surface area contributed by atoms with Crippen LogP contribution < -0.4 is 5.73 Å². The average Bonchev–Trinajstić information content (AvgIpc) is 2.19. The third kappa shape index (κ3) is 2.45. The minimum Gasteiger partial charge on any atom is -0.326 e. The molecule has 14 heavy (non-hydrogen) atoms. The topological polar surface area (TPSA) is 35.7 Å². The maximum atomic E-state index is 5.98. The lowest BCUT2D eigenvalue weighted by Gasteiger charge is -2.43. The standard InChI is InChI=1S/C10H22N4/c1-12-5-7-13(8-6-12)14-4-2-3-10(11)9-14/h10H,2-9,11H2,1H3. The van der Waals surface area contributed by atoms with Crippen molar-refractivity contribution < 1.29 is 0 Å². The van der Waals surface area contributed by atoms with Crippen molar-refractivity contribution in [3.8, 4) is 0 Å². The van der Waals surface area contributed by atoms with Crippen LogP contribution >= 0.6 is 0 Å². The molecule has 2 N–H and O–H groups in total. The minimum atomic E-state index is 0.392. The second-order valence-electron chi connectivity index (χ2n) is 4.57. The van der Waals surface area contributed by atoms with Gasteiger partial charge in [-0.15, -0.1) is 0 Å². The Morgan fingerprint density at radius 2 is 1.71 bits per heavy atom. The summed E-state index contributed by atoms with van der Waals surface area (Å²) in [5, 5.41) is 4.94. The smallest absolute Gasteiger partial charge is 0.0285 e. The number of hydrogen-bond acceptors (Lipinski definition) is 4. The number of nitrogens with two attached hydrogens (primary N) is 1. The van der Waals surface area contributed by atoms with Crippen LogP contribution in [0, 0.1) is 0 Å². The van der Waals surface area contributed by atoms with E-state index in [1.807, 2.05) is 0 Å². The first-order valence-corrected chi connectivity index (χ1v) is 5.69. The Labute approximate surface area is 86.6 Å². The fraction of sp³-hybridized carbons (Fsp3) is 1.00. The largest absolute Gasteiger partial charge is 0.326 e. The zero-order chi connectivity index (χ0) is 9.97. The lowest BCUT2D eigenvalue weighted by atomic mass is 10.1. The van der Waals surface area contributed by atoms with Gasteiger partial charge in [-0.2, -0.15) is 0 Å². The number of nitrogens with zero attached hydrogens (tertiary/aromatic N) is 3.